The van der Waals surface area contributed by atoms with Crippen LogP contribution in [0.3, 0.4) is 0 Å². The molecule has 172 valence electrons. The topological polar surface area (TPSA) is 85.2 Å². The summed E-state index contributed by atoms with van der Waals surface area (Å²) in [5.74, 6) is 1.01. The lowest BCUT2D eigenvalue weighted by Crippen LogP contribution is -2.19. The molecular formula is C27H20ClN5O2. The summed E-state index contributed by atoms with van der Waals surface area (Å²) in [6.07, 6.45) is 3.13. The van der Waals surface area contributed by atoms with E-state index in [-0.39, 0.29) is 22.6 Å². The number of aryl methyl sites for hydroxylation is 3. The number of fused-ring (bicyclic) bond motifs is 2. The summed E-state index contributed by atoms with van der Waals surface area (Å²) < 4.78 is 9.37. The molecule has 8 heteroatoms. The number of aromatic nitrogens is 4. The lowest BCUT2D eigenvalue weighted by molar-refractivity contribution is 0.460. The van der Waals surface area contributed by atoms with Gasteiger partial charge in [0, 0.05) is 18.3 Å². The average Bonchev–Trinajstić information content (AvgIpc) is 3.18. The Morgan fingerprint density at radius 2 is 1.89 bits per heavy atom. The van der Waals surface area contributed by atoms with E-state index < -0.39 is 0 Å². The van der Waals surface area contributed by atoms with Gasteiger partial charge >= 0.3 is 0 Å². The van der Waals surface area contributed by atoms with Gasteiger partial charge in [-0.25, -0.2) is 4.98 Å². The second-order valence-corrected chi connectivity index (χ2v) is 8.59. The summed E-state index contributed by atoms with van der Waals surface area (Å²) in [4.78, 5) is 22.9. The Morgan fingerprint density at radius 3 is 2.63 bits per heavy atom. The van der Waals surface area contributed by atoms with Gasteiger partial charge in [0.15, 0.2) is 5.82 Å². The number of hydrogen-bond acceptors (Lipinski definition) is 5. The smallest absolute Gasteiger partial charge is 0.269 e. The van der Waals surface area contributed by atoms with Crippen LogP contribution in [0.5, 0.6) is 11.6 Å². The van der Waals surface area contributed by atoms with Gasteiger partial charge < -0.3 is 9.30 Å². The molecule has 0 aliphatic carbocycles. The molecule has 0 aliphatic rings. The van der Waals surface area contributed by atoms with Crippen LogP contribution in [-0.4, -0.2) is 18.9 Å². The molecule has 0 saturated heterocycles. The third kappa shape index (κ3) is 3.94. The van der Waals surface area contributed by atoms with Crippen molar-refractivity contribution < 1.29 is 4.74 Å². The Balaban J connectivity index is 1.75. The molecule has 0 unspecified atom stereocenters. The van der Waals surface area contributed by atoms with Crippen molar-refractivity contribution in [3.8, 4) is 17.7 Å². The van der Waals surface area contributed by atoms with Crippen LogP contribution in [0.4, 0.5) is 0 Å². The van der Waals surface area contributed by atoms with Gasteiger partial charge in [0.2, 0.25) is 5.88 Å². The first-order chi connectivity index (χ1) is 16.9. The lowest BCUT2D eigenvalue weighted by atomic mass is 10.1. The fourth-order valence-electron chi connectivity index (χ4n) is 3.96. The minimum atomic E-state index is -0.356. The summed E-state index contributed by atoms with van der Waals surface area (Å²) in [6, 6.07) is 18.6. The quantitative estimate of drug-likeness (QED) is 0.307. The predicted molar refractivity (Wildman–Crippen MR) is 137 cm³/mol. The molecule has 3 heterocycles. The minimum Gasteiger partial charge on any atom is -0.438 e. The van der Waals surface area contributed by atoms with Crippen molar-refractivity contribution in [3.05, 3.63) is 98.7 Å². The molecule has 35 heavy (non-hydrogen) atoms. The number of ether oxygens (including phenoxy) is 1. The second-order valence-electron chi connectivity index (χ2n) is 8.19. The Bertz CT molecular complexity index is 1760. The molecule has 5 aromatic rings. The largest absolute Gasteiger partial charge is 0.438 e. The maximum Gasteiger partial charge on any atom is 0.269 e. The van der Waals surface area contributed by atoms with Crippen molar-refractivity contribution >= 4 is 39.9 Å². The molecule has 0 aliphatic heterocycles. The van der Waals surface area contributed by atoms with Crippen molar-refractivity contribution in [2.24, 2.45) is 7.05 Å². The predicted octanol–water partition coefficient (Wildman–Crippen LogP) is 5.71. The van der Waals surface area contributed by atoms with E-state index in [0.29, 0.717) is 22.2 Å². The zero-order chi connectivity index (χ0) is 24.7. The zero-order valence-electron chi connectivity index (χ0n) is 19.3. The molecule has 0 amide bonds. The van der Waals surface area contributed by atoms with E-state index in [9.17, 15) is 10.1 Å². The van der Waals surface area contributed by atoms with Crippen LogP contribution in [0.15, 0.2) is 65.6 Å². The highest BCUT2D eigenvalue weighted by Crippen LogP contribution is 2.29. The monoisotopic (exact) mass is 481 g/mol. The summed E-state index contributed by atoms with van der Waals surface area (Å²) >= 11 is 6.16. The van der Waals surface area contributed by atoms with Gasteiger partial charge in [0.05, 0.1) is 16.6 Å². The van der Waals surface area contributed by atoms with Gasteiger partial charge in [-0.05, 0) is 67.4 Å². The first-order valence-electron chi connectivity index (χ1n) is 10.9. The fourth-order valence-corrected chi connectivity index (χ4v) is 4.08. The molecule has 5 rings (SSSR count). The van der Waals surface area contributed by atoms with Crippen LogP contribution in [0.25, 0.3) is 28.3 Å². The molecule has 0 radical (unpaired) electrons. The molecule has 2 aromatic carbocycles. The minimum absolute atomic E-state index is 0.0949. The molecule has 3 aromatic heterocycles. The van der Waals surface area contributed by atoms with Gasteiger partial charge in [0.1, 0.15) is 23.0 Å². The van der Waals surface area contributed by atoms with Crippen molar-refractivity contribution in [2.75, 3.05) is 0 Å². The first kappa shape index (κ1) is 22.4. The molecular weight excluding hydrogens is 462 g/mol. The van der Waals surface area contributed by atoms with Crippen LogP contribution >= 0.6 is 11.6 Å². The van der Waals surface area contributed by atoms with Gasteiger partial charge in [-0.2, -0.15) is 10.2 Å². The number of nitriles is 1. The molecule has 0 N–H and O–H groups in total. The summed E-state index contributed by atoms with van der Waals surface area (Å²) in [5, 5.41) is 10.6. The van der Waals surface area contributed by atoms with Crippen LogP contribution in [0, 0.1) is 25.2 Å². The van der Waals surface area contributed by atoms with Gasteiger partial charge in [0.25, 0.3) is 5.56 Å². The van der Waals surface area contributed by atoms with E-state index in [1.54, 1.807) is 30.5 Å². The molecule has 0 atom stereocenters. The number of halogens is 1. The SMILES string of the molecule is Cc1cc(Oc2nc3c(C)cccn3c(=O)c2C=C(C#N)c2nc3ccccc3n2C)ccc1Cl. The highest BCUT2D eigenvalue weighted by molar-refractivity contribution is 6.31. The van der Waals surface area contributed by atoms with Crippen molar-refractivity contribution in [2.45, 2.75) is 13.8 Å². The maximum atomic E-state index is 13.6. The highest BCUT2D eigenvalue weighted by atomic mass is 35.5. The first-order valence-corrected chi connectivity index (χ1v) is 11.2. The van der Waals surface area contributed by atoms with Gasteiger partial charge in [-0.3, -0.25) is 9.20 Å². The normalized spacial score (nSPS) is 11.7. The van der Waals surface area contributed by atoms with Gasteiger partial charge in [-0.1, -0.05) is 29.8 Å². The number of para-hydroxylation sites is 2. The van der Waals surface area contributed by atoms with Crippen LogP contribution in [0.2, 0.25) is 5.02 Å². The lowest BCUT2D eigenvalue weighted by Gasteiger charge is -2.12. The maximum absolute atomic E-state index is 13.6. The number of benzene rings is 2. The second kappa shape index (κ2) is 8.75. The summed E-state index contributed by atoms with van der Waals surface area (Å²) in [5.41, 5.74) is 3.74. The Hall–Kier alpha value is -4.41. The van der Waals surface area contributed by atoms with E-state index >= 15 is 0 Å². The number of allylic oxidation sites excluding steroid dienone is 1. The van der Waals surface area contributed by atoms with Gasteiger partial charge in [-0.15, -0.1) is 0 Å². The fraction of sp³-hybridized carbons (Fsp3) is 0.111. The number of hydrogen-bond donors (Lipinski definition) is 0. The van der Waals surface area contributed by atoms with Crippen molar-refractivity contribution in [3.63, 3.8) is 0 Å². The van der Waals surface area contributed by atoms with Crippen LogP contribution in [-0.2, 0) is 7.05 Å². The molecule has 0 saturated carbocycles. The van der Waals surface area contributed by atoms with E-state index in [1.807, 2.05) is 55.8 Å². The van der Waals surface area contributed by atoms with E-state index in [0.717, 1.165) is 22.2 Å². The van der Waals surface area contributed by atoms with E-state index in [4.69, 9.17) is 16.3 Å². The molecule has 0 fully saturated rings. The standard InChI is InChI=1S/C27H20ClN5O2/c1-16-7-6-12-33-24(16)31-26(35-19-10-11-21(28)17(2)13-19)20(27(33)34)14-18(15-29)25-30-22-8-4-5-9-23(22)32(25)3/h4-14H,1-3H3. The summed E-state index contributed by atoms with van der Waals surface area (Å²) in [7, 11) is 1.83. The third-order valence-corrected chi connectivity index (χ3v) is 6.25. The zero-order valence-corrected chi connectivity index (χ0v) is 20.0. The highest BCUT2D eigenvalue weighted by Gasteiger charge is 2.18. The number of imidazole rings is 1. The summed E-state index contributed by atoms with van der Waals surface area (Å²) in [6.45, 7) is 3.73. The third-order valence-electron chi connectivity index (χ3n) is 5.83. The van der Waals surface area contributed by atoms with E-state index in [2.05, 4.69) is 16.0 Å². The van der Waals surface area contributed by atoms with Crippen molar-refractivity contribution in [1.82, 2.24) is 18.9 Å². The van der Waals surface area contributed by atoms with Crippen LogP contribution in [0.1, 0.15) is 22.5 Å². The molecule has 0 spiro atoms. The van der Waals surface area contributed by atoms with Crippen molar-refractivity contribution in [1.29, 1.82) is 5.26 Å². The average molecular weight is 482 g/mol. The number of nitrogens with zero attached hydrogens (tertiary/aromatic N) is 5. The Morgan fingerprint density at radius 1 is 1.09 bits per heavy atom. The van der Waals surface area contributed by atoms with Crippen LogP contribution < -0.4 is 10.3 Å². The number of rotatable bonds is 4. The number of pyridine rings is 1. The Labute approximate surface area is 206 Å². The molecule has 7 nitrogen and oxygen atoms in total. The Kier molecular flexibility index (Phi) is 5.59. The van der Waals surface area contributed by atoms with E-state index in [1.165, 1.54) is 10.5 Å². The molecule has 0 bridgehead atoms.